The largest absolute Gasteiger partial charge is 0.496 e. The Hall–Kier alpha value is -3.10. The standard InChI is InChI=1S/C18H16F4N2O3/c1-10-3-4-11(16(25)23-9-18(20,21)22)7-14(10)24-17(26)13-8-12(19)5-6-15(13)27-2/h3-8H,9H2,1-2H3,(H,23,25)(H,24,26). The molecule has 0 aliphatic rings. The first-order valence-electron chi connectivity index (χ1n) is 7.71. The first kappa shape index (κ1) is 20.2. The van der Waals surface area contributed by atoms with E-state index in [4.69, 9.17) is 4.74 Å². The van der Waals surface area contributed by atoms with Crippen LogP contribution in [0.3, 0.4) is 0 Å². The molecule has 0 aromatic heterocycles. The van der Waals surface area contributed by atoms with Crippen LogP contribution in [0.4, 0.5) is 23.2 Å². The van der Waals surface area contributed by atoms with Crippen molar-refractivity contribution in [2.75, 3.05) is 19.0 Å². The SMILES string of the molecule is COc1ccc(F)cc1C(=O)Nc1cc(C(=O)NCC(F)(F)F)ccc1C. The van der Waals surface area contributed by atoms with Gasteiger partial charge in [-0.25, -0.2) is 4.39 Å². The molecule has 0 spiro atoms. The second-order valence-electron chi connectivity index (χ2n) is 5.63. The lowest BCUT2D eigenvalue weighted by molar-refractivity contribution is -0.123. The summed E-state index contributed by atoms with van der Waals surface area (Å²) in [6.45, 7) is 0.164. The van der Waals surface area contributed by atoms with Crippen LogP contribution in [0.25, 0.3) is 0 Å². The summed E-state index contributed by atoms with van der Waals surface area (Å²) < 4.78 is 55.1. The maximum atomic E-state index is 13.4. The lowest BCUT2D eigenvalue weighted by Gasteiger charge is -2.13. The molecule has 0 aliphatic heterocycles. The summed E-state index contributed by atoms with van der Waals surface area (Å²) in [5.74, 6) is -2.13. The number of ether oxygens (including phenoxy) is 1. The van der Waals surface area contributed by atoms with Gasteiger partial charge in [0.05, 0.1) is 12.7 Å². The Bertz CT molecular complexity index is 866. The zero-order valence-electron chi connectivity index (χ0n) is 14.4. The van der Waals surface area contributed by atoms with E-state index in [9.17, 15) is 27.2 Å². The summed E-state index contributed by atoms with van der Waals surface area (Å²) in [4.78, 5) is 24.3. The summed E-state index contributed by atoms with van der Waals surface area (Å²) in [7, 11) is 1.32. The lowest BCUT2D eigenvalue weighted by atomic mass is 10.1. The van der Waals surface area contributed by atoms with Crippen LogP contribution >= 0.6 is 0 Å². The Labute approximate surface area is 152 Å². The van der Waals surface area contributed by atoms with E-state index in [0.717, 1.165) is 12.1 Å². The topological polar surface area (TPSA) is 67.4 Å². The quantitative estimate of drug-likeness (QED) is 0.773. The van der Waals surface area contributed by atoms with Crippen molar-refractivity contribution in [1.82, 2.24) is 5.32 Å². The molecule has 0 fully saturated rings. The molecule has 0 heterocycles. The predicted octanol–water partition coefficient (Wildman–Crippen LogP) is 3.69. The van der Waals surface area contributed by atoms with Crippen LogP contribution in [-0.2, 0) is 0 Å². The Morgan fingerprint density at radius 2 is 1.78 bits per heavy atom. The molecule has 2 amide bonds. The molecule has 0 bridgehead atoms. The third-order valence-electron chi connectivity index (χ3n) is 3.60. The number of benzene rings is 2. The van der Waals surface area contributed by atoms with Gasteiger partial charge in [0.2, 0.25) is 0 Å². The number of halogens is 4. The number of amides is 2. The first-order chi connectivity index (χ1) is 12.6. The molecular formula is C18H16F4N2O3. The van der Waals surface area contributed by atoms with Crippen LogP contribution in [0.2, 0.25) is 0 Å². The van der Waals surface area contributed by atoms with Gasteiger partial charge in [-0.05, 0) is 42.8 Å². The van der Waals surface area contributed by atoms with E-state index in [1.54, 1.807) is 12.2 Å². The minimum absolute atomic E-state index is 0.0636. The minimum atomic E-state index is -4.54. The van der Waals surface area contributed by atoms with E-state index < -0.39 is 30.4 Å². The fourth-order valence-corrected chi connectivity index (χ4v) is 2.23. The Morgan fingerprint density at radius 1 is 1.07 bits per heavy atom. The van der Waals surface area contributed by atoms with Gasteiger partial charge in [-0.3, -0.25) is 9.59 Å². The van der Waals surface area contributed by atoms with Crippen LogP contribution in [0.15, 0.2) is 36.4 Å². The molecule has 0 radical (unpaired) electrons. The fraction of sp³-hybridized carbons (Fsp3) is 0.222. The van der Waals surface area contributed by atoms with Gasteiger partial charge < -0.3 is 15.4 Å². The molecular weight excluding hydrogens is 368 g/mol. The van der Waals surface area contributed by atoms with E-state index in [2.05, 4.69) is 5.32 Å². The zero-order chi connectivity index (χ0) is 20.2. The zero-order valence-corrected chi connectivity index (χ0v) is 14.4. The van der Waals surface area contributed by atoms with E-state index in [0.29, 0.717) is 5.56 Å². The molecule has 9 heteroatoms. The number of rotatable bonds is 5. The summed E-state index contributed by atoms with van der Waals surface area (Å²) in [5.41, 5.74) is 0.632. The van der Waals surface area contributed by atoms with E-state index in [1.165, 1.54) is 31.4 Å². The van der Waals surface area contributed by atoms with E-state index >= 15 is 0 Å². The Morgan fingerprint density at radius 3 is 2.41 bits per heavy atom. The van der Waals surface area contributed by atoms with Gasteiger partial charge in [0, 0.05) is 11.3 Å². The summed E-state index contributed by atoms with van der Waals surface area (Å²) in [6, 6.07) is 7.46. The van der Waals surface area contributed by atoms with Crippen molar-refractivity contribution in [3.8, 4) is 5.75 Å². The number of carbonyl (C=O) groups excluding carboxylic acids is 2. The van der Waals surface area contributed by atoms with Gasteiger partial charge in [-0.15, -0.1) is 0 Å². The molecule has 0 saturated carbocycles. The molecule has 2 aromatic carbocycles. The number of nitrogens with one attached hydrogen (secondary N) is 2. The third kappa shape index (κ3) is 5.44. The predicted molar refractivity (Wildman–Crippen MR) is 90.5 cm³/mol. The highest BCUT2D eigenvalue weighted by molar-refractivity contribution is 6.07. The van der Waals surface area contributed by atoms with Gasteiger partial charge in [0.15, 0.2) is 0 Å². The number of alkyl halides is 3. The van der Waals surface area contributed by atoms with Crippen molar-refractivity contribution < 1.29 is 31.9 Å². The first-order valence-corrected chi connectivity index (χ1v) is 7.71. The van der Waals surface area contributed by atoms with Crippen LogP contribution < -0.4 is 15.4 Å². The molecule has 2 rings (SSSR count). The Balaban J connectivity index is 2.23. The highest BCUT2D eigenvalue weighted by atomic mass is 19.4. The summed E-state index contributed by atoms with van der Waals surface area (Å²) >= 11 is 0. The van der Waals surface area contributed by atoms with Crippen molar-refractivity contribution in [2.24, 2.45) is 0 Å². The van der Waals surface area contributed by atoms with Crippen LogP contribution in [0.5, 0.6) is 5.75 Å². The number of aryl methyl sites for hydroxylation is 1. The second kappa shape index (κ2) is 8.07. The molecule has 2 N–H and O–H groups in total. The third-order valence-corrected chi connectivity index (χ3v) is 3.60. The smallest absolute Gasteiger partial charge is 0.405 e. The highest BCUT2D eigenvalue weighted by Crippen LogP contribution is 2.23. The molecule has 0 saturated heterocycles. The second-order valence-corrected chi connectivity index (χ2v) is 5.63. The molecule has 2 aromatic rings. The molecule has 144 valence electrons. The highest BCUT2D eigenvalue weighted by Gasteiger charge is 2.28. The van der Waals surface area contributed by atoms with Gasteiger partial charge >= 0.3 is 6.18 Å². The molecule has 27 heavy (non-hydrogen) atoms. The monoisotopic (exact) mass is 384 g/mol. The number of anilines is 1. The number of hydrogen-bond acceptors (Lipinski definition) is 3. The van der Waals surface area contributed by atoms with Crippen molar-refractivity contribution >= 4 is 17.5 Å². The summed E-state index contributed by atoms with van der Waals surface area (Å²) in [5, 5.41) is 4.26. The maximum Gasteiger partial charge on any atom is 0.405 e. The molecule has 0 atom stereocenters. The minimum Gasteiger partial charge on any atom is -0.496 e. The number of methoxy groups -OCH3 is 1. The lowest BCUT2D eigenvalue weighted by Crippen LogP contribution is -2.33. The van der Waals surface area contributed by atoms with Crippen LogP contribution in [0.1, 0.15) is 26.3 Å². The van der Waals surface area contributed by atoms with Crippen molar-refractivity contribution in [2.45, 2.75) is 13.1 Å². The summed E-state index contributed by atoms with van der Waals surface area (Å²) in [6.07, 6.45) is -4.54. The average Bonchev–Trinajstić information content (AvgIpc) is 2.60. The van der Waals surface area contributed by atoms with Gasteiger partial charge in [0.1, 0.15) is 18.1 Å². The van der Waals surface area contributed by atoms with Gasteiger partial charge in [-0.2, -0.15) is 13.2 Å². The molecule has 5 nitrogen and oxygen atoms in total. The Kier molecular flexibility index (Phi) is 6.04. The van der Waals surface area contributed by atoms with Crippen molar-refractivity contribution in [3.05, 3.63) is 58.9 Å². The average molecular weight is 384 g/mol. The maximum absolute atomic E-state index is 13.4. The molecule has 0 aliphatic carbocycles. The number of hydrogen-bond donors (Lipinski definition) is 2. The van der Waals surface area contributed by atoms with E-state index in [-0.39, 0.29) is 22.6 Å². The van der Waals surface area contributed by atoms with Gasteiger partial charge in [0.25, 0.3) is 11.8 Å². The normalized spacial score (nSPS) is 11.0. The van der Waals surface area contributed by atoms with Crippen LogP contribution in [0, 0.1) is 12.7 Å². The van der Waals surface area contributed by atoms with Crippen molar-refractivity contribution in [3.63, 3.8) is 0 Å². The van der Waals surface area contributed by atoms with E-state index in [1.807, 2.05) is 0 Å². The van der Waals surface area contributed by atoms with Crippen LogP contribution in [-0.4, -0.2) is 31.6 Å². The van der Waals surface area contributed by atoms with Gasteiger partial charge in [-0.1, -0.05) is 6.07 Å². The number of carbonyl (C=O) groups is 2. The van der Waals surface area contributed by atoms with Crippen molar-refractivity contribution in [1.29, 1.82) is 0 Å². The fourth-order valence-electron chi connectivity index (χ4n) is 2.23. The molecule has 0 unspecified atom stereocenters.